The molecule has 0 bridgehead atoms. The molecule has 1 aliphatic rings. The number of benzene rings is 1. The quantitative estimate of drug-likeness (QED) is 0.915. The molecule has 1 N–H and O–H groups in total. The molecule has 1 atom stereocenters. The number of piperidine rings is 1. The molecule has 1 fully saturated rings. The van der Waals surface area contributed by atoms with Gasteiger partial charge in [0.15, 0.2) is 0 Å². The van der Waals surface area contributed by atoms with Crippen molar-refractivity contribution >= 4 is 12.0 Å². The minimum atomic E-state index is -0.510. The molecule has 2 amide bonds. The Balaban J connectivity index is 1.87. The molecule has 25 heavy (non-hydrogen) atoms. The van der Waals surface area contributed by atoms with Gasteiger partial charge in [-0.25, -0.2) is 4.79 Å². The molecule has 1 heterocycles. The molecule has 0 unspecified atom stereocenters. The summed E-state index contributed by atoms with van der Waals surface area (Å²) < 4.78 is 5.41. The highest BCUT2D eigenvalue weighted by Gasteiger charge is 2.27. The van der Waals surface area contributed by atoms with Crippen molar-refractivity contribution in [3.05, 3.63) is 35.4 Å². The molecule has 0 spiro atoms. The second-order valence-corrected chi connectivity index (χ2v) is 7.34. The molecule has 1 saturated heterocycles. The van der Waals surface area contributed by atoms with Crippen LogP contribution < -0.4 is 5.32 Å². The van der Waals surface area contributed by atoms with Gasteiger partial charge in [-0.2, -0.15) is 5.26 Å². The largest absolute Gasteiger partial charge is 0.444 e. The topological polar surface area (TPSA) is 82.4 Å². The second kappa shape index (κ2) is 8.02. The van der Waals surface area contributed by atoms with Gasteiger partial charge in [0.05, 0.1) is 11.6 Å². The minimum Gasteiger partial charge on any atom is -0.444 e. The van der Waals surface area contributed by atoms with Crippen LogP contribution in [0.1, 0.15) is 49.5 Å². The molecule has 134 valence electrons. The maximum Gasteiger partial charge on any atom is 0.410 e. The van der Waals surface area contributed by atoms with Crippen molar-refractivity contribution in [1.29, 1.82) is 5.26 Å². The number of amides is 2. The van der Waals surface area contributed by atoms with E-state index in [9.17, 15) is 9.59 Å². The first-order chi connectivity index (χ1) is 11.8. The van der Waals surface area contributed by atoms with Crippen molar-refractivity contribution in [2.75, 3.05) is 19.6 Å². The Morgan fingerprint density at radius 3 is 2.84 bits per heavy atom. The number of carbonyl (C=O) groups is 2. The molecule has 6 nitrogen and oxygen atoms in total. The van der Waals surface area contributed by atoms with E-state index in [0.717, 1.165) is 12.8 Å². The van der Waals surface area contributed by atoms with Gasteiger partial charge in [-0.15, -0.1) is 0 Å². The van der Waals surface area contributed by atoms with Crippen LogP contribution in [0.4, 0.5) is 4.79 Å². The zero-order valence-corrected chi connectivity index (χ0v) is 15.0. The SMILES string of the molecule is CC(C)(C)OC(=O)N1CCC[C@@H](CNC(=O)c2cccc(C#N)c2)C1. The smallest absolute Gasteiger partial charge is 0.410 e. The summed E-state index contributed by atoms with van der Waals surface area (Å²) in [5.41, 5.74) is 0.421. The van der Waals surface area contributed by atoms with Crippen molar-refractivity contribution in [3.63, 3.8) is 0 Å². The van der Waals surface area contributed by atoms with Crippen LogP contribution >= 0.6 is 0 Å². The number of hydrogen-bond donors (Lipinski definition) is 1. The van der Waals surface area contributed by atoms with Crippen molar-refractivity contribution < 1.29 is 14.3 Å². The van der Waals surface area contributed by atoms with E-state index in [-0.39, 0.29) is 17.9 Å². The highest BCUT2D eigenvalue weighted by Crippen LogP contribution is 2.19. The van der Waals surface area contributed by atoms with Crippen LogP contribution in [0.2, 0.25) is 0 Å². The van der Waals surface area contributed by atoms with Gasteiger partial charge in [-0.3, -0.25) is 4.79 Å². The van der Waals surface area contributed by atoms with Gasteiger partial charge in [0.1, 0.15) is 5.60 Å². The first-order valence-corrected chi connectivity index (χ1v) is 8.55. The number of carbonyl (C=O) groups excluding carboxylic acids is 2. The fraction of sp³-hybridized carbons (Fsp3) is 0.526. The third kappa shape index (κ3) is 5.79. The lowest BCUT2D eigenvalue weighted by atomic mass is 9.98. The van der Waals surface area contributed by atoms with Crippen molar-refractivity contribution in [1.82, 2.24) is 10.2 Å². The molecule has 6 heteroatoms. The highest BCUT2D eigenvalue weighted by atomic mass is 16.6. The van der Waals surface area contributed by atoms with Gasteiger partial charge < -0.3 is 15.0 Å². The maximum absolute atomic E-state index is 12.2. The standard InChI is InChI=1S/C19H25N3O3/c1-19(2,3)25-18(24)22-9-5-7-15(13-22)12-21-17(23)16-8-4-6-14(10-16)11-20/h4,6,8,10,15H,5,7,9,12-13H2,1-3H3,(H,21,23)/t15-/m0/s1. The fourth-order valence-corrected chi connectivity index (χ4v) is 2.79. The molecule has 1 aromatic carbocycles. The first kappa shape index (κ1) is 18.8. The number of hydrogen-bond acceptors (Lipinski definition) is 4. The van der Waals surface area contributed by atoms with E-state index in [1.54, 1.807) is 29.2 Å². The first-order valence-electron chi connectivity index (χ1n) is 8.55. The van der Waals surface area contributed by atoms with E-state index in [1.165, 1.54) is 0 Å². The Bertz CT molecular complexity index is 673. The fourth-order valence-electron chi connectivity index (χ4n) is 2.79. The molecule has 1 aromatic rings. The van der Waals surface area contributed by atoms with Gasteiger partial charge in [-0.05, 0) is 57.7 Å². The second-order valence-electron chi connectivity index (χ2n) is 7.34. The predicted octanol–water partition coefficient (Wildman–Crippen LogP) is 2.94. The zero-order chi connectivity index (χ0) is 18.4. The van der Waals surface area contributed by atoms with E-state index >= 15 is 0 Å². The highest BCUT2D eigenvalue weighted by molar-refractivity contribution is 5.94. The summed E-state index contributed by atoms with van der Waals surface area (Å²) in [7, 11) is 0. The maximum atomic E-state index is 12.2. The number of rotatable bonds is 3. The molecule has 0 aromatic heterocycles. The summed E-state index contributed by atoms with van der Waals surface area (Å²) in [6.07, 6.45) is 1.55. The van der Waals surface area contributed by atoms with Gasteiger partial charge in [0.25, 0.3) is 5.91 Å². The molecule has 0 radical (unpaired) electrons. The summed E-state index contributed by atoms with van der Waals surface area (Å²) >= 11 is 0. The summed E-state index contributed by atoms with van der Waals surface area (Å²) in [6.45, 7) is 7.30. The van der Waals surface area contributed by atoms with Gasteiger partial charge >= 0.3 is 6.09 Å². The van der Waals surface area contributed by atoms with Crippen LogP contribution in [0, 0.1) is 17.2 Å². The summed E-state index contributed by atoms with van der Waals surface area (Å²) in [4.78, 5) is 26.1. The molecular weight excluding hydrogens is 318 g/mol. The number of ether oxygens (including phenoxy) is 1. The molecule has 0 saturated carbocycles. The third-order valence-corrected chi connectivity index (χ3v) is 3.98. The minimum absolute atomic E-state index is 0.198. The number of nitrogens with zero attached hydrogens (tertiary/aromatic N) is 2. The predicted molar refractivity (Wildman–Crippen MR) is 94.0 cm³/mol. The van der Waals surface area contributed by atoms with Crippen molar-refractivity contribution in [2.45, 2.75) is 39.2 Å². The number of nitriles is 1. The van der Waals surface area contributed by atoms with E-state index in [1.807, 2.05) is 26.8 Å². The van der Waals surface area contributed by atoms with E-state index < -0.39 is 5.60 Å². The number of likely N-dealkylation sites (tertiary alicyclic amines) is 1. The number of nitrogens with one attached hydrogen (secondary N) is 1. The van der Waals surface area contributed by atoms with Crippen LogP contribution in [0.25, 0.3) is 0 Å². The average Bonchev–Trinajstić information content (AvgIpc) is 2.58. The summed E-state index contributed by atoms with van der Waals surface area (Å²) in [6, 6.07) is 8.64. The lowest BCUT2D eigenvalue weighted by Crippen LogP contribution is -2.45. The Morgan fingerprint density at radius 2 is 2.16 bits per heavy atom. The Labute approximate surface area is 148 Å². The van der Waals surface area contributed by atoms with Crippen LogP contribution in [-0.2, 0) is 4.74 Å². The van der Waals surface area contributed by atoms with Gasteiger partial charge in [0, 0.05) is 25.2 Å². The molecule has 0 aliphatic carbocycles. The van der Waals surface area contributed by atoms with Gasteiger partial charge in [-0.1, -0.05) is 6.07 Å². The van der Waals surface area contributed by atoms with Crippen molar-refractivity contribution in [2.24, 2.45) is 5.92 Å². The van der Waals surface area contributed by atoms with Crippen LogP contribution in [0.3, 0.4) is 0 Å². The zero-order valence-electron chi connectivity index (χ0n) is 15.0. The van der Waals surface area contributed by atoms with Crippen LogP contribution in [0.15, 0.2) is 24.3 Å². The molecule has 2 rings (SSSR count). The van der Waals surface area contributed by atoms with E-state index in [2.05, 4.69) is 5.32 Å². The monoisotopic (exact) mass is 343 g/mol. The normalized spacial score (nSPS) is 17.5. The Kier molecular flexibility index (Phi) is 6.02. The van der Waals surface area contributed by atoms with Crippen molar-refractivity contribution in [3.8, 4) is 6.07 Å². The Morgan fingerprint density at radius 1 is 1.40 bits per heavy atom. The third-order valence-electron chi connectivity index (χ3n) is 3.98. The van der Waals surface area contributed by atoms with E-state index in [4.69, 9.17) is 10.00 Å². The average molecular weight is 343 g/mol. The summed E-state index contributed by atoms with van der Waals surface area (Å²) in [5, 5.41) is 11.8. The van der Waals surface area contributed by atoms with Crippen LogP contribution in [-0.4, -0.2) is 42.1 Å². The molecule has 1 aliphatic heterocycles. The summed E-state index contributed by atoms with van der Waals surface area (Å²) in [5.74, 6) is -0.00383. The Hall–Kier alpha value is -2.55. The lowest BCUT2D eigenvalue weighted by Gasteiger charge is -2.34. The van der Waals surface area contributed by atoms with E-state index in [0.29, 0.717) is 30.8 Å². The lowest BCUT2D eigenvalue weighted by molar-refractivity contribution is 0.0167. The van der Waals surface area contributed by atoms with Crippen LogP contribution in [0.5, 0.6) is 0 Å². The van der Waals surface area contributed by atoms with Gasteiger partial charge in [0.2, 0.25) is 0 Å². The molecular formula is C19H25N3O3.